The number of hydrogen-bond donors (Lipinski definition) is 2. The van der Waals surface area contributed by atoms with E-state index >= 15 is 0 Å². The molecular formula is C23H25F3N4O3. The minimum absolute atomic E-state index is 0.0502. The highest BCUT2D eigenvalue weighted by Crippen LogP contribution is 2.37. The van der Waals surface area contributed by atoms with Crippen molar-refractivity contribution in [3.63, 3.8) is 0 Å². The number of carbonyl (C=O) groups excluding carboxylic acids is 1. The summed E-state index contributed by atoms with van der Waals surface area (Å²) in [6.07, 6.45) is -2.90. The Hall–Kier alpha value is -3.27. The van der Waals surface area contributed by atoms with Crippen molar-refractivity contribution in [2.75, 3.05) is 24.6 Å². The Bertz CT molecular complexity index is 1140. The van der Waals surface area contributed by atoms with Crippen molar-refractivity contribution >= 4 is 23.0 Å². The third kappa shape index (κ3) is 4.90. The minimum Gasteiger partial charge on any atom is -0.493 e. The highest BCUT2D eigenvalue weighted by Gasteiger charge is 2.35. The molecule has 2 heterocycles. The van der Waals surface area contributed by atoms with Crippen LogP contribution in [-0.2, 0) is 12.7 Å². The number of primary amides is 1. The zero-order chi connectivity index (χ0) is 23.6. The molecule has 1 saturated heterocycles. The normalized spacial score (nSPS) is 15.0. The molecule has 1 aliphatic rings. The molecule has 176 valence electrons. The largest absolute Gasteiger partial charge is 0.493 e. The number of amides is 1. The van der Waals surface area contributed by atoms with Crippen molar-refractivity contribution in [2.45, 2.75) is 38.5 Å². The Kier molecular flexibility index (Phi) is 6.46. The molecule has 1 aromatic heterocycles. The van der Waals surface area contributed by atoms with Crippen LogP contribution in [0.15, 0.2) is 40.8 Å². The van der Waals surface area contributed by atoms with Gasteiger partial charge in [0.1, 0.15) is 11.3 Å². The number of benzene rings is 2. The van der Waals surface area contributed by atoms with Gasteiger partial charge in [-0.05, 0) is 62.7 Å². The number of anilines is 1. The molecule has 33 heavy (non-hydrogen) atoms. The molecule has 0 spiro atoms. The summed E-state index contributed by atoms with van der Waals surface area (Å²) in [5, 5.41) is 3.30. The number of piperidine rings is 1. The molecule has 7 nitrogen and oxygen atoms in total. The molecule has 0 unspecified atom stereocenters. The molecule has 10 heteroatoms. The van der Waals surface area contributed by atoms with Gasteiger partial charge in [0.25, 0.3) is 11.9 Å². The molecule has 2 aromatic carbocycles. The lowest BCUT2D eigenvalue weighted by molar-refractivity contribution is -0.138. The molecule has 3 N–H and O–H groups in total. The Balaban J connectivity index is 1.73. The molecule has 0 saturated carbocycles. The zero-order valence-electron chi connectivity index (χ0n) is 18.1. The molecule has 1 amide bonds. The lowest BCUT2D eigenvalue weighted by atomic mass is 10.0. The maximum atomic E-state index is 13.4. The van der Waals surface area contributed by atoms with Gasteiger partial charge < -0.3 is 25.1 Å². The first-order valence-corrected chi connectivity index (χ1v) is 10.8. The fourth-order valence-electron chi connectivity index (χ4n) is 4.10. The number of rotatable bonds is 7. The van der Waals surface area contributed by atoms with Gasteiger partial charge in [0.15, 0.2) is 5.58 Å². The van der Waals surface area contributed by atoms with Crippen LogP contribution >= 0.6 is 0 Å². The van der Waals surface area contributed by atoms with Gasteiger partial charge in [0, 0.05) is 12.6 Å². The zero-order valence-corrected chi connectivity index (χ0v) is 18.1. The maximum absolute atomic E-state index is 13.4. The number of nitrogens with zero attached hydrogens (tertiary/aromatic N) is 2. The number of oxazole rings is 1. The molecule has 0 aliphatic carbocycles. The Morgan fingerprint density at radius 2 is 2.03 bits per heavy atom. The summed E-state index contributed by atoms with van der Waals surface area (Å²) in [6, 6.07) is 9.18. The van der Waals surface area contributed by atoms with E-state index in [4.69, 9.17) is 14.9 Å². The summed E-state index contributed by atoms with van der Waals surface area (Å²) in [6.45, 7) is 3.62. The molecule has 4 rings (SSSR count). The van der Waals surface area contributed by atoms with Crippen LogP contribution in [0, 0.1) is 0 Å². The van der Waals surface area contributed by atoms with E-state index in [1.54, 1.807) is 25.1 Å². The monoisotopic (exact) mass is 462 g/mol. The fraction of sp³-hybridized carbons (Fsp3) is 0.391. The number of ether oxygens (including phenoxy) is 1. The second kappa shape index (κ2) is 9.30. The lowest BCUT2D eigenvalue weighted by Crippen LogP contribution is -2.43. The SMILES string of the molecule is CCOc1cc(CN(c2nc3c(C(N)=O)cccc3o2)C2CCNCC2)ccc1C(F)(F)F. The van der Waals surface area contributed by atoms with E-state index in [2.05, 4.69) is 10.3 Å². The van der Waals surface area contributed by atoms with Gasteiger partial charge in [-0.1, -0.05) is 12.1 Å². The number of nitrogens with two attached hydrogens (primary N) is 1. The number of para-hydroxylation sites is 1. The van der Waals surface area contributed by atoms with Gasteiger partial charge in [-0.25, -0.2) is 0 Å². The summed E-state index contributed by atoms with van der Waals surface area (Å²) < 4.78 is 51.4. The van der Waals surface area contributed by atoms with Gasteiger partial charge in [-0.15, -0.1) is 0 Å². The van der Waals surface area contributed by atoms with Gasteiger partial charge >= 0.3 is 6.18 Å². The molecular weight excluding hydrogens is 437 g/mol. The number of hydrogen-bond acceptors (Lipinski definition) is 6. The van der Waals surface area contributed by atoms with Crippen LogP contribution in [-0.4, -0.2) is 36.6 Å². The summed E-state index contributed by atoms with van der Waals surface area (Å²) in [7, 11) is 0. The van der Waals surface area contributed by atoms with Crippen LogP contribution in [0.2, 0.25) is 0 Å². The quantitative estimate of drug-likeness (QED) is 0.549. The first kappa shape index (κ1) is 22.9. The van der Waals surface area contributed by atoms with Gasteiger partial charge in [-0.3, -0.25) is 4.79 Å². The van der Waals surface area contributed by atoms with Crippen molar-refractivity contribution in [2.24, 2.45) is 5.73 Å². The van der Waals surface area contributed by atoms with E-state index in [1.165, 1.54) is 12.1 Å². The Labute approximate surface area is 188 Å². The highest BCUT2D eigenvalue weighted by molar-refractivity contribution is 6.03. The smallest absolute Gasteiger partial charge is 0.419 e. The van der Waals surface area contributed by atoms with Crippen molar-refractivity contribution in [3.05, 3.63) is 53.1 Å². The fourth-order valence-corrected chi connectivity index (χ4v) is 4.10. The molecule has 0 bridgehead atoms. The number of nitrogens with one attached hydrogen (secondary N) is 1. The second-order valence-electron chi connectivity index (χ2n) is 7.88. The van der Waals surface area contributed by atoms with Crippen molar-refractivity contribution in [3.8, 4) is 5.75 Å². The Morgan fingerprint density at radius 3 is 2.70 bits per heavy atom. The summed E-state index contributed by atoms with van der Waals surface area (Å²) in [5.74, 6) is -0.820. The van der Waals surface area contributed by atoms with Crippen molar-refractivity contribution in [1.82, 2.24) is 10.3 Å². The van der Waals surface area contributed by atoms with E-state index in [-0.39, 0.29) is 30.5 Å². The average Bonchev–Trinajstić information content (AvgIpc) is 3.21. The first-order chi connectivity index (χ1) is 15.8. The predicted molar refractivity (Wildman–Crippen MR) is 117 cm³/mol. The van der Waals surface area contributed by atoms with Crippen molar-refractivity contribution < 1.29 is 27.1 Å². The van der Waals surface area contributed by atoms with Crippen LogP contribution in [0.1, 0.15) is 41.3 Å². The second-order valence-corrected chi connectivity index (χ2v) is 7.88. The maximum Gasteiger partial charge on any atom is 0.419 e. The molecule has 1 aliphatic heterocycles. The minimum atomic E-state index is -4.51. The van der Waals surface area contributed by atoms with Gasteiger partial charge in [0.2, 0.25) is 0 Å². The van der Waals surface area contributed by atoms with Crippen LogP contribution in [0.4, 0.5) is 19.2 Å². The van der Waals surface area contributed by atoms with E-state index < -0.39 is 17.6 Å². The summed E-state index contributed by atoms with van der Waals surface area (Å²) >= 11 is 0. The van der Waals surface area contributed by atoms with E-state index in [0.717, 1.165) is 32.0 Å². The number of alkyl halides is 3. The van der Waals surface area contributed by atoms with E-state index in [0.29, 0.717) is 22.7 Å². The standard InChI is InChI=1S/C23H25F3N4O3/c1-2-32-19-12-14(6-7-17(19)23(24,25)26)13-30(15-8-10-28-11-9-15)22-29-20-16(21(27)31)4-3-5-18(20)33-22/h3-7,12,15,28H,2,8-11,13H2,1H3,(H2,27,31). The molecule has 3 aromatic rings. The van der Waals surface area contributed by atoms with Gasteiger partial charge in [0.05, 0.1) is 17.7 Å². The van der Waals surface area contributed by atoms with Crippen LogP contribution in [0.25, 0.3) is 11.1 Å². The van der Waals surface area contributed by atoms with E-state index in [9.17, 15) is 18.0 Å². The number of halogens is 3. The topological polar surface area (TPSA) is 93.6 Å². The Morgan fingerprint density at radius 1 is 1.27 bits per heavy atom. The van der Waals surface area contributed by atoms with Crippen LogP contribution < -0.4 is 20.7 Å². The van der Waals surface area contributed by atoms with Crippen LogP contribution in [0.5, 0.6) is 5.75 Å². The lowest BCUT2D eigenvalue weighted by Gasteiger charge is -2.33. The first-order valence-electron chi connectivity index (χ1n) is 10.8. The number of carbonyl (C=O) groups is 1. The molecule has 1 fully saturated rings. The summed E-state index contributed by atoms with van der Waals surface area (Å²) in [4.78, 5) is 18.3. The predicted octanol–water partition coefficient (Wildman–Crippen LogP) is 4.10. The van der Waals surface area contributed by atoms with Gasteiger partial charge in [-0.2, -0.15) is 18.2 Å². The van der Waals surface area contributed by atoms with Crippen molar-refractivity contribution in [1.29, 1.82) is 0 Å². The highest BCUT2D eigenvalue weighted by atomic mass is 19.4. The average molecular weight is 462 g/mol. The number of fused-ring (bicyclic) bond motifs is 1. The number of aromatic nitrogens is 1. The summed E-state index contributed by atoms with van der Waals surface area (Å²) in [5.41, 5.74) is 6.33. The molecule has 0 radical (unpaired) electrons. The third-order valence-electron chi connectivity index (χ3n) is 5.67. The third-order valence-corrected chi connectivity index (χ3v) is 5.67. The molecule has 0 atom stereocenters. The van der Waals surface area contributed by atoms with Crippen LogP contribution in [0.3, 0.4) is 0 Å². The van der Waals surface area contributed by atoms with E-state index in [1.807, 2.05) is 4.90 Å².